The Morgan fingerprint density at radius 3 is 1.39 bits per heavy atom. The van der Waals surface area contributed by atoms with Gasteiger partial charge in [-0.1, -0.05) is 0 Å². The van der Waals surface area contributed by atoms with Crippen LogP contribution in [0.25, 0.3) is 0 Å². The van der Waals surface area contributed by atoms with Crippen molar-refractivity contribution in [3.63, 3.8) is 0 Å². The summed E-state index contributed by atoms with van der Waals surface area (Å²) in [6.45, 7) is 0. The van der Waals surface area contributed by atoms with Gasteiger partial charge < -0.3 is 0 Å². The Balaban J connectivity index is 1.56. The van der Waals surface area contributed by atoms with E-state index < -0.39 is 0 Å². The van der Waals surface area contributed by atoms with Gasteiger partial charge >= 0.3 is 0 Å². The lowest BCUT2D eigenvalue weighted by atomic mass is 9.22. The topological polar surface area (TPSA) is 0 Å². The van der Waals surface area contributed by atoms with Crippen molar-refractivity contribution in [2.75, 3.05) is 0 Å². The molecule has 9 unspecified atom stereocenters. The zero-order valence-corrected chi connectivity index (χ0v) is 11.2. The van der Waals surface area contributed by atoms with E-state index in [9.17, 15) is 0 Å². The molecule has 0 aromatic heterocycles. The van der Waals surface area contributed by atoms with E-state index in [4.69, 9.17) is 0 Å². The van der Waals surface area contributed by atoms with Crippen molar-refractivity contribution in [2.45, 2.75) is 44.9 Å². The van der Waals surface area contributed by atoms with Crippen molar-refractivity contribution in [3.05, 3.63) is 0 Å². The molecule has 0 N–H and O–H groups in total. The molecule has 10 saturated carbocycles. The highest BCUT2D eigenvalue weighted by Crippen LogP contribution is 2.84. The summed E-state index contributed by atoms with van der Waals surface area (Å²) >= 11 is 0. The largest absolute Gasteiger partial charge is 0.0470 e. The second-order valence-electron chi connectivity index (χ2n) is 9.59. The van der Waals surface area contributed by atoms with Gasteiger partial charge in [0.05, 0.1) is 0 Å². The molecule has 0 aromatic rings. The molecule has 0 heterocycles. The maximum Gasteiger partial charge on any atom is -0.0225 e. The molecule has 0 radical (unpaired) electrons. The minimum absolute atomic E-state index is 0.945. The summed E-state index contributed by atoms with van der Waals surface area (Å²) < 4.78 is 0. The van der Waals surface area contributed by atoms with Crippen LogP contribution in [0.5, 0.6) is 0 Å². The highest BCUT2D eigenvalue weighted by atomic mass is 14.8. The fourth-order valence-electron chi connectivity index (χ4n) is 10.3. The van der Waals surface area contributed by atoms with E-state index in [-0.39, 0.29) is 0 Å². The van der Waals surface area contributed by atoms with Gasteiger partial charge in [0.15, 0.2) is 0 Å². The summed E-state index contributed by atoms with van der Waals surface area (Å²) in [6.07, 6.45) is 11.8. The third-order valence-corrected chi connectivity index (χ3v) is 9.68. The molecule has 11 atom stereocenters. The van der Waals surface area contributed by atoms with E-state index in [1.807, 2.05) is 0 Å². The molecule has 0 nitrogen and oxygen atoms in total. The SMILES string of the molecule is C1C2CC3C4CC5[C@H]6CC7C[C@@H]5C3C(C2)(C7)C6C14. The number of rotatable bonds is 0. The van der Waals surface area contributed by atoms with Crippen LogP contribution >= 0.6 is 0 Å². The van der Waals surface area contributed by atoms with Gasteiger partial charge in [0.1, 0.15) is 0 Å². The van der Waals surface area contributed by atoms with Crippen LogP contribution in [0, 0.1) is 64.6 Å². The third kappa shape index (κ3) is 0.657. The summed E-state index contributed by atoms with van der Waals surface area (Å²) in [5.41, 5.74) is 0.945. The van der Waals surface area contributed by atoms with Gasteiger partial charge in [0.2, 0.25) is 0 Å². The zero-order chi connectivity index (χ0) is 11.2. The second-order valence-corrected chi connectivity index (χ2v) is 9.59. The van der Waals surface area contributed by atoms with Crippen molar-refractivity contribution in [2.24, 2.45) is 64.6 Å². The summed E-state index contributed by atoms with van der Waals surface area (Å²) in [4.78, 5) is 0. The monoisotopic (exact) mass is 240 g/mol. The molecule has 1 spiro atoms. The van der Waals surface area contributed by atoms with Gasteiger partial charge in [-0.15, -0.1) is 0 Å². The normalized spacial score (nSPS) is 80.0. The molecule has 0 saturated heterocycles. The molecule has 10 rings (SSSR count). The minimum Gasteiger partial charge on any atom is -0.0470 e. The first-order chi connectivity index (χ1) is 8.85. The van der Waals surface area contributed by atoms with E-state index in [0.29, 0.717) is 0 Å². The maximum absolute atomic E-state index is 1.71. The molecular weight excluding hydrogens is 216 g/mol. The molecule has 10 aliphatic rings. The molecule has 0 aromatic carbocycles. The van der Waals surface area contributed by atoms with E-state index in [1.165, 1.54) is 59.2 Å². The van der Waals surface area contributed by atoms with Crippen LogP contribution < -0.4 is 0 Å². The van der Waals surface area contributed by atoms with Crippen molar-refractivity contribution < 1.29 is 0 Å². The third-order valence-electron chi connectivity index (χ3n) is 9.68. The quantitative estimate of drug-likeness (QED) is 0.601. The first-order valence-corrected chi connectivity index (χ1v) is 8.85. The molecule has 96 valence electrons. The van der Waals surface area contributed by atoms with Crippen LogP contribution in [-0.4, -0.2) is 0 Å². The van der Waals surface area contributed by atoms with Crippen LogP contribution in [0.15, 0.2) is 0 Å². The van der Waals surface area contributed by atoms with E-state index in [1.54, 1.807) is 44.9 Å². The highest BCUT2D eigenvalue weighted by Gasteiger charge is 2.77. The van der Waals surface area contributed by atoms with Gasteiger partial charge in [0.25, 0.3) is 0 Å². The van der Waals surface area contributed by atoms with Gasteiger partial charge in [-0.2, -0.15) is 0 Å². The van der Waals surface area contributed by atoms with Crippen molar-refractivity contribution in [3.8, 4) is 0 Å². The zero-order valence-electron chi connectivity index (χ0n) is 11.2. The van der Waals surface area contributed by atoms with E-state index in [0.717, 1.165) is 5.41 Å². The Morgan fingerprint density at radius 2 is 0.944 bits per heavy atom. The summed E-state index contributed by atoms with van der Waals surface area (Å²) in [7, 11) is 0. The fourth-order valence-corrected chi connectivity index (χ4v) is 10.3. The Morgan fingerprint density at radius 1 is 0.500 bits per heavy atom. The van der Waals surface area contributed by atoms with Crippen LogP contribution in [0.4, 0.5) is 0 Å². The lowest BCUT2D eigenvalue weighted by Crippen LogP contribution is -2.77. The standard InChI is InChI=1S/C18H24/c1-8-2-13-10-5-11-14-3-9-4-15(11)17(13)18(6-8,7-9)16(14)12(1)10/h8-17H,1-7H2/t8?,9?,10?,11?,12-,13+,14?,15?,16?,17?,18?. The van der Waals surface area contributed by atoms with Crippen LogP contribution in [-0.2, 0) is 0 Å². The number of hydrogen-bond donors (Lipinski definition) is 0. The van der Waals surface area contributed by atoms with Crippen molar-refractivity contribution in [1.82, 2.24) is 0 Å². The minimum atomic E-state index is 0.945. The van der Waals surface area contributed by atoms with Crippen molar-refractivity contribution >= 4 is 0 Å². The predicted molar refractivity (Wildman–Crippen MR) is 69.7 cm³/mol. The van der Waals surface area contributed by atoms with E-state index in [2.05, 4.69) is 0 Å². The van der Waals surface area contributed by atoms with Gasteiger partial charge in [0, 0.05) is 0 Å². The Kier molecular flexibility index (Phi) is 1.18. The van der Waals surface area contributed by atoms with Gasteiger partial charge in [-0.25, -0.2) is 0 Å². The second kappa shape index (κ2) is 2.35. The Hall–Kier alpha value is 0. The average Bonchev–Trinajstić information content (AvgIpc) is 2.36. The molecular formula is C18H24. The Labute approximate surface area is 110 Å². The van der Waals surface area contributed by atoms with Crippen LogP contribution in [0.3, 0.4) is 0 Å². The fraction of sp³-hybridized carbons (Fsp3) is 1.00. The van der Waals surface area contributed by atoms with Gasteiger partial charge in [-0.05, 0) is 110 Å². The van der Waals surface area contributed by atoms with E-state index >= 15 is 0 Å². The van der Waals surface area contributed by atoms with Gasteiger partial charge in [-0.3, -0.25) is 0 Å². The number of hydrogen-bond acceptors (Lipinski definition) is 0. The lowest BCUT2D eigenvalue weighted by molar-refractivity contribution is -0.347. The van der Waals surface area contributed by atoms with Crippen LogP contribution in [0.1, 0.15) is 44.9 Å². The summed E-state index contributed by atoms with van der Waals surface area (Å²) in [5.74, 6) is 12.3. The lowest BCUT2D eigenvalue weighted by Gasteiger charge is -2.83. The summed E-state index contributed by atoms with van der Waals surface area (Å²) in [5, 5.41) is 0. The first-order valence-electron chi connectivity index (χ1n) is 8.85. The van der Waals surface area contributed by atoms with Crippen molar-refractivity contribution in [1.29, 1.82) is 0 Å². The molecule has 11 bridgehead atoms. The molecule has 0 heteroatoms. The van der Waals surface area contributed by atoms with Crippen LogP contribution in [0.2, 0.25) is 0 Å². The Bertz CT molecular complexity index is 395. The smallest absolute Gasteiger partial charge is 0.0225 e. The maximum atomic E-state index is 1.71. The molecule has 10 aliphatic carbocycles. The molecule has 10 fully saturated rings. The molecule has 0 aliphatic heterocycles. The molecule has 18 heavy (non-hydrogen) atoms. The average molecular weight is 240 g/mol. The first kappa shape index (κ1) is 9.03. The predicted octanol–water partition coefficient (Wildman–Crippen LogP) is 3.96. The summed E-state index contributed by atoms with van der Waals surface area (Å²) in [6, 6.07) is 0. The highest BCUT2D eigenvalue weighted by molar-refractivity contribution is 5.26. The molecule has 0 amide bonds.